The highest BCUT2D eigenvalue weighted by molar-refractivity contribution is 5.11. The average molecular weight is 261 g/mol. The summed E-state index contributed by atoms with van der Waals surface area (Å²) in [5.74, 6) is 4.41. The molecule has 1 atom stereocenters. The van der Waals surface area contributed by atoms with Crippen LogP contribution in [0.3, 0.4) is 0 Å². The van der Waals surface area contributed by atoms with Crippen LogP contribution in [0.4, 0.5) is 0 Å². The minimum Gasteiger partial charge on any atom is -0.496 e. The summed E-state index contributed by atoms with van der Waals surface area (Å²) in [7, 11) is 2.10. The summed E-state index contributed by atoms with van der Waals surface area (Å²) in [6, 6.07) is 0.471. The lowest BCUT2D eigenvalue weighted by atomic mass is 9.48. The van der Waals surface area contributed by atoms with E-state index in [1.807, 2.05) is 0 Å². The molecule has 4 bridgehead atoms. The Bertz CT molecular complexity index is 351. The summed E-state index contributed by atoms with van der Waals surface area (Å²) in [4.78, 5) is 0. The molecular weight excluding hydrogens is 234 g/mol. The van der Waals surface area contributed by atoms with Gasteiger partial charge in [0.2, 0.25) is 0 Å². The molecule has 0 aromatic carbocycles. The van der Waals surface area contributed by atoms with Crippen molar-refractivity contribution < 1.29 is 4.74 Å². The molecule has 1 heterocycles. The van der Waals surface area contributed by atoms with E-state index < -0.39 is 0 Å². The SMILES string of the molecule is CNC(CC12CC3CC(CC(C3)C1)C2)C1=CCCO1. The molecule has 0 radical (unpaired) electrons. The fourth-order valence-electron chi connectivity index (χ4n) is 6.00. The Hall–Kier alpha value is -0.500. The largest absolute Gasteiger partial charge is 0.496 e. The number of likely N-dealkylation sites (N-methyl/N-ethyl adjacent to an activating group) is 1. The number of hydrogen-bond donors (Lipinski definition) is 1. The molecule has 106 valence electrons. The normalized spacial score (nSPS) is 45.1. The van der Waals surface area contributed by atoms with E-state index in [0.29, 0.717) is 11.5 Å². The van der Waals surface area contributed by atoms with E-state index in [4.69, 9.17) is 4.74 Å². The van der Waals surface area contributed by atoms with Crippen LogP contribution in [0.1, 0.15) is 51.4 Å². The van der Waals surface area contributed by atoms with Crippen molar-refractivity contribution in [2.45, 2.75) is 57.4 Å². The third-order valence-corrected chi connectivity index (χ3v) is 6.23. The topological polar surface area (TPSA) is 21.3 Å². The van der Waals surface area contributed by atoms with Crippen molar-refractivity contribution in [3.63, 3.8) is 0 Å². The van der Waals surface area contributed by atoms with Gasteiger partial charge in [-0.2, -0.15) is 0 Å². The molecule has 19 heavy (non-hydrogen) atoms. The van der Waals surface area contributed by atoms with Gasteiger partial charge in [0.15, 0.2) is 0 Å². The van der Waals surface area contributed by atoms with Crippen molar-refractivity contribution in [3.8, 4) is 0 Å². The highest BCUT2D eigenvalue weighted by atomic mass is 16.5. The van der Waals surface area contributed by atoms with E-state index in [9.17, 15) is 0 Å². The first-order valence-electron chi connectivity index (χ1n) is 8.26. The van der Waals surface area contributed by atoms with E-state index in [1.54, 1.807) is 19.3 Å². The Kier molecular flexibility index (Phi) is 2.91. The zero-order valence-corrected chi connectivity index (χ0v) is 12.2. The fraction of sp³-hybridized carbons (Fsp3) is 0.882. The fourth-order valence-corrected chi connectivity index (χ4v) is 6.00. The molecule has 2 nitrogen and oxygen atoms in total. The molecule has 0 spiro atoms. The molecule has 4 saturated carbocycles. The zero-order chi connectivity index (χ0) is 12.9. The van der Waals surface area contributed by atoms with Gasteiger partial charge in [0.05, 0.1) is 12.6 Å². The van der Waals surface area contributed by atoms with Gasteiger partial charge in [-0.3, -0.25) is 0 Å². The van der Waals surface area contributed by atoms with Crippen LogP contribution in [0, 0.1) is 23.2 Å². The minimum absolute atomic E-state index is 0.471. The van der Waals surface area contributed by atoms with Gasteiger partial charge in [0, 0.05) is 6.42 Å². The lowest BCUT2D eigenvalue weighted by molar-refractivity contribution is -0.0620. The molecule has 1 aliphatic heterocycles. The van der Waals surface area contributed by atoms with Crippen LogP contribution in [0.5, 0.6) is 0 Å². The molecule has 5 aliphatic rings. The number of nitrogens with one attached hydrogen (secondary N) is 1. The van der Waals surface area contributed by atoms with Crippen LogP contribution >= 0.6 is 0 Å². The van der Waals surface area contributed by atoms with Gasteiger partial charge in [-0.05, 0) is 81.2 Å². The summed E-state index contributed by atoms with van der Waals surface area (Å²) in [6.07, 6.45) is 13.9. The van der Waals surface area contributed by atoms with Gasteiger partial charge >= 0.3 is 0 Å². The van der Waals surface area contributed by atoms with E-state index in [1.165, 1.54) is 31.4 Å². The quantitative estimate of drug-likeness (QED) is 0.836. The first kappa shape index (κ1) is 12.3. The molecule has 4 aliphatic carbocycles. The molecule has 4 fully saturated rings. The first-order chi connectivity index (χ1) is 9.26. The van der Waals surface area contributed by atoms with E-state index in [2.05, 4.69) is 18.4 Å². The monoisotopic (exact) mass is 261 g/mol. The second kappa shape index (κ2) is 4.51. The maximum Gasteiger partial charge on any atom is 0.109 e. The summed E-state index contributed by atoms with van der Waals surface area (Å²) >= 11 is 0. The van der Waals surface area contributed by atoms with Crippen LogP contribution in [0.25, 0.3) is 0 Å². The second-order valence-corrected chi connectivity index (χ2v) is 7.71. The van der Waals surface area contributed by atoms with E-state index >= 15 is 0 Å². The predicted octanol–water partition coefficient (Wildman–Crippen LogP) is 3.49. The zero-order valence-electron chi connectivity index (χ0n) is 12.2. The first-order valence-corrected chi connectivity index (χ1v) is 8.26. The summed E-state index contributed by atoms with van der Waals surface area (Å²) in [5.41, 5.74) is 0.648. The van der Waals surface area contributed by atoms with Crippen molar-refractivity contribution in [3.05, 3.63) is 11.8 Å². The lowest BCUT2D eigenvalue weighted by Crippen LogP contribution is -2.48. The van der Waals surface area contributed by atoms with Crippen LogP contribution in [-0.2, 0) is 4.74 Å². The molecule has 1 N–H and O–H groups in total. The smallest absolute Gasteiger partial charge is 0.109 e. The van der Waals surface area contributed by atoms with Crippen molar-refractivity contribution in [2.24, 2.45) is 23.2 Å². The summed E-state index contributed by atoms with van der Waals surface area (Å²) < 4.78 is 5.82. The third-order valence-electron chi connectivity index (χ3n) is 6.23. The Morgan fingerprint density at radius 1 is 1.21 bits per heavy atom. The summed E-state index contributed by atoms with van der Waals surface area (Å²) in [6.45, 7) is 0.897. The number of rotatable bonds is 4. The van der Waals surface area contributed by atoms with Crippen molar-refractivity contribution in [2.75, 3.05) is 13.7 Å². The molecular formula is C17H27NO. The predicted molar refractivity (Wildman–Crippen MR) is 76.7 cm³/mol. The van der Waals surface area contributed by atoms with E-state index in [-0.39, 0.29) is 0 Å². The minimum atomic E-state index is 0.471. The average Bonchev–Trinajstić information content (AvgIpc) is 2.88. The molecule has 5 rings (SSSR count). The Labute approximate surface area is 117 Å². The highest BCUT2D eigenvalue weighted by Gasteiger charge is 2.51. The molecule has 0 saturated heterocycles. The Morgan fingerprint density at radius 3 is 2.32 bits per heavy atom. The van der Waals surface area contributed by atoms with Gasteiger partial charge in [-0.15, -0.1) is 0 Å². The van der Waals surface area contributed by atoms with Gasteiger partial charge < -0.3 is 10.1 Å². The number of hydrogen-bond acceptors (Lipinski definition) is 2. The van der Waals surface area contributed by atoms with Crippen LogP contribution < -0.4 is 5.32 Å². The molecule has 0 aromatic rings. The standard InChI is InChI=1S/C17H27NO/c1-18-15(16-3-2-4-19-16)11-17-8-12-5-13(9-17)7-14(6-12)10-17/h3,12-15,18H,2,4-11H2,1H3. The van der Waals surface area contributed by atoms with Gasteiger partial charge in [-0.1, -0.05) is 0 Å². The van der Waals surface area contributed by atoms with Gasteiger partial charge in [-0.25, -0.2) is 0 Å². The van der Waals surface area contributed by atoms with Crippen LogP contribution in [0.15, 0.2) is 11.8 Å². The second-order valence-electron chi connectivity index (χ2n) is 7.71. The summed E-state index contributed by atoms with van der Waals surface area (Å²) in [5, 5.41) is 3.53. The van der Waals surface area contributed by atoms with Crippen molar-refractivity contribution >= 4 is 0 Å². The maximum atomic E-state index is 5.82. The molecule has 0 amide bonds. The molecule has 2 heteroatoms. The molecule has 0 aromatic heterocycles. The van der Waals surface area contributed by atoms with Crippen molar-refractivity contribution in [1.82, 2.24) is 5.32 Å². The Balaban J connectivity index is 1.52. The third kappa shape index (κ3) is 2.12. The van der Waals surface area contributed by atoms with Gasteiger partial charge in [0.1, 0.15) is 5.76 Å². The van der Waals surface area contributed by atoms with Crippen molar-refractivity contribution in [1.29, 1.82) is 0 Å². The Morgan fingerprint density at radius 2 is 1.84 bits per heavy atom. The lowest BCUT2D eigenvalue weighted by Gasteiger charge is -2.57. The molecule has 1 unspecified atom stereocenters. The van der Waals surface area contributed by atoms with Crippen LogP contribution in [-0.4, -0.2) is 19.7 Å². The van der Waals surface area contributed by atoms with Gasteiger partial charge in [0.25, 0.3) is 0 Å². The van der Waals surface area contributed by atoms with Crippen LogP contribution in [0.2, 0.25) is 0 Å². The highest BCUT2D eigenvalue weighted by Crippen LogP contribution is 2.61. The maximum absolute atomic E-state index is 5.82. The number of ether oxygens (including phenoxy) is 1. The van der Waals surface area contributed by atoms with E-state index in [0.717, 1.165) is 30.8 Å².